The molecule has 2 rings (SSSR count). The first-order chi connectivity index (χ1) is 9.04. The number of aromatic hydroxyl groups is 1. The minimum atomic E-state index is -0.138. The largest absolute Gasteiger partial charge is 0.507 e. The molecule has 1 aromatic carbocycles. The fourth-order valence-electron chi connectivity index (χ4n) is 2.69. The van der Waals surface area contributed by atoms with E-state index in [9.17, 15) is 9.90 Å². The Hall–Kier alpha value is -1.07. The maximum atomic E-state index is 12.6. The average Bonchev–Trinajstić information content (AvgIpc) is 2.40. The van der Waals surface area contributed by atoms with Crippen molar-refractivity contribution in [1.82, 2.24) is 4.90 Å². The highest BCUT2D eigenvalue weighted by molar-refractivity contribution is 9.10. The zero-order valence-corrected chi connectivity index (χ0v) is 12.6. The molecule has 1 fully saturated rings. The number of hydrogen-bond donors (Lipinski definition) is 2. The number of rotatable bonds is 2. The lowest BCUT2D eigenvalue weighted by atomic mass is 9.90. The van der Waals surface area contributed by atoms with Crippen LogP contribution in [-0.4, -0.2) is 35.0 Å². The maximum absolute atomic E-state index is 12.6. The number of phenolic OH excluding ortho intramolecular Hbond substituents is 1. The molecule has 0 saturated carbocycles. The van der Waals surface area contributed by atoms with E-state index in [1.165, 1.54) is 6.07 Å². The normalized spacial score (nSPS) is 23.4. The van der Waals surface area contributed by atoms with E-state index in [1.54, 1.807) is 17.0 Å². The van der Waals surface area contributed by atoms with Crippen LogP contribution in [0.5, 0.6) is 5.75 Å². The Balaban J connectivity index is 2.29. The monoisotopic (exact) mass is 326 g/mol. The van der Waals surface area contributed by atoms with Gasteiger partial charge < -0.3 is 15.7 Å². The molecule has 5 heteroatoms. The second kappa shape index (κ2) is 5.92. The number of piperidine rings is 1. The Labute approximate surface area is 121 Å². The smallest absolute Gasteiger partial charge is 0.257 e. The van der Waals surface area contributed by atoms with Crippen molar-refractivity contribution >= 4 is 21.8 Å². The van der Waals surface area contributed by atoms with Gasteiger partial charge >= 0.3 is 0 Å². The highest BCUT2D eigenvalue weighted by Gasteiger charge is 2.32. The number of carbonyl (C=O) groups excluding carboxylic acids is 1. The van der Waals surface area contributed by atoms with E-state index < -0.39 is 0 Å². The molecule has 2 atom stereocenters. The van der Waals surface area contributed by atoms with Gasteiger partial charge in [0.25, 0.3) is 5.91 Å². The predicted molar refractivity (Wildman–Crippen MR) is 78.1 cm³/mol. The summed E-state index contributed by atoms with van der Waals surface area (Å²) < 4.78 is 0.781. The topological polar surface area (TPSA) is 66.6 Å². The number of carbonyl (C=O) groups is 1. The molecule has 1 aromatic rings. The molecule has 0 radical (unpaired) electrons. The molecular weight excluding hydrogens is 308 g/mol. The number of phenols is 1. The van der Waals surface area contributed by atoms with Crippen molar-refractivity contribution in [3.8, 4) is 5.75 Å². The fraction of sp³-hybridized carbons (Fsp3) is 0.500. The Morgan fingerprint density at radius 1 is 1.58 bits per heavy atom. The van der Waals surface area contributed by atoms with Crippen LogP contribution in [0.25, 0.3) is 0 Å². The van der Waals surface area contributed by atoms with Crippen molar-refractivity contribution in [3.05, 3.63) is 28.2 Å². The number of hydrogen-bond acceptors (Lipinski definition) is 3. The van der Waals surface area contributed by atoms with Gasteiger partial charge in [-0.1, -0.05) is 22.9 Å². The average molecular weight is 327 g/mol. The first-order valence-corrected chi connectivity index (χ1v) is 7.33. The van der Waals surface area contributed by atoms with Crippen LogP contribution in [0.2, 0.25) is 0 Å². The van der Waals surface area contributed by atoms with Crippen molar-refractivity contribution in [2.75, 3.05) is 13.1 Å². The third kappa shape index (κ3) is 2.92. The molecular formula is C14H19BrN2O2. The van der Waals surface area contributed by atoms with Gasteiger partial charge in [-0.05, 0) is 37.0 Å². The van der Waals surface area contributed by atoms with E-state index >= 15 is 0 Å². The number of likely N-dealkylation sites (tertiary alicyclic amines) is 1. The SMILES string of the molecule is CC1CCCN(C(=O)c2cc(Br)ccc2O)C1CN. The molecule has 1 amide bonds. The van der Waals surface area contributed by atoms with Gasteiger partial charge in [0.1, 0.15) is 5.75 Å². The van der Waals surface area contributed by atoms with Crippen LogP contribution >= 0.6 is 15.9 Å². The van der Waals surface area contributed by atoms with E-state index in [1.807, 2.05) is 0 Å². The lowest BCUT2D eigenvalue weighted by Gasteiger charge is -2.39. The van der Waals surface area contributed by atoms with E-state index in [0.29, 0.717) is 24.6 Å². The molecule has 0 aliphatic carbocycles. The van der Waals surface area contributed by atoms with Crippen LogP contribution in [0.4, 0.5) is 0 Å². The lowest BCUT2D eigenvalue weighted by molar-refractivity contribution is 0.0529. The molecule has 0 spiro atoms. The third-order valence-corrected chi connectivity index (χ3v) is 4.30. The minimum Gasteiger partial charge on any atom is -0.507 e. The number of nitrogens with zero attached hydrogens (tertiary/aromatic N) is 1. The summed E-state index contributed by atoms with van der Waals surface area (Å²) in [5.74, 6) is 0.278. The van der Waals surface area contributed by atoms with Gasteiger partial charge in [-0.25, -0.2) is 0 Å². The molecule has 2 unspecified atom stereocenters. The summed E-state index contributed by atoms with van der Waals surface area (Å²) >= 11 is 3.33. The summed E-state index contributed by atoms with van der Waals surface area (Å²) in [6.07, 6.45) is 2.08. The van der Waals surface area contributed by atoms with E-state index in [-0.39, 0.29) is 17.7 Å². The molecule has 1 heterocycles. The summed E-state index contributed by atoms with van der Waals surface area (Å²) in [5.41, 5.74) is 6.14. The Kier molecular flexibility index (Phi) is 4.47. The molecule has 3 N–H and O–H groups in total. The number of halogens is 1. The van der Waals surface area contributed by atoms with Gasteiger partial charge in [0.05, 0.1) is 5.56 Å². The highest BCUT2D eigenvalue weighted by Crippen LogP contribution is 2.28. The zero-order valence-electron chi connectivity index (χ0n) is 11.0. The molecule has 1 aliphatic rings. The number of amides is 1. The van der Waals surface area contributed by atoms with Crippen molar-refractivity contribution in [2.45, 2.75) is 25.8 Å². The lowest BCUT2D eigenvalue weighted by Crippen LogP contribution is -2.51. The molecule has 104 valence electrons. The van der Waals surface area contributed by atoms with Crippen LogP contribution in [0, 0.1) is 5.92 Å². The van der Waals surface area contributed by atoms with E-state index in [4.69, 9.17) is 5.73 Å². The molecule has 1 aliphatic heterocycles. The number of nitrogens with two attached hydrogens (primary N) is 1. The summed E-state index contributed by atoms with van der Waals surface area (Å²) in [4.78, 5) is 14.4. The van der Waals surface area contributed by atoms with E-state index in [2.05, 4.69) is 22.9 Å². The molecule has 1 saturated heterocycles. The van der Waals surface area contributed by atoms with Crippen LogP contribution in [-0.2, 0) is 0 Å². The first-order valence-electron chi connectivity index (χ1n) is 6.54. The standard InChI is InChI=1S/C14H19BrN2O2/c1-9-3-2-6-17(12(9)8-16)14(19)11-7-10(15)4-5-13(11)18/h4-5,7,9,12,18H,2-3,6,8,16H2,1H3. The van der Waals surface area contributed by atoms with Crippen LogP contribution in [0.15, 0.2) is 22.7 Å². The summed E-state index contributed by atoms with van der Waals surface area (Å²) in [6.45, 7) is 3.29. The summed E-state index contributed by atoms with van der Waals surface area (Å²) in [6, 6.07) is 4.96. The van der Waals surface area contributed by atoms with Gasteiger partial charge in [0.2, 0.25) is 0 Å². The minimum absolute atomic E-state index is 0.0159. The predicted octanol–water partition coefficient (Wildman–Crippen LogP) is 2.35. The summed E-state index contributed by atoms with van der Waals surface area (Å²) in [7, 11) is 0. The second-order valence-electron chi connectivity index (χ2n) is 5.08. The van der Waals surface area contributed by atoms with Crippen LogP contribution in [0.1, 0.15) is 30.1 Å². The van der Waals surface area contributed by atoms with Gasteiger partial charge in [-0.15, -0.1) is 0 Å². The molecule has 0 aromatic heterocycles. The van der Waals surface area contributed by atoms with Gasteiger partial charge in [-0.3, -0.25) is 4.79 Å². The Morgan fingerprint density at radius 3 is 3.00 bits per heavy atom. The first kappa shape index (κ1) is 14.3. The maximum Gasteiger partial charge on any atom is 0.257 e. The van der Waals surface area contributed by atoms with Gasteiger partial charge in [-0.2, -0.15) is 0 Å². The van der Waals surface area contributed by atoms with Crippen molar-refractivity contribution in [3.63, 3.8) is 0 Å². The Bertz CT molecular complexity index is 479. The molecule has 0 bridgehead atoms. The highest BCUT2D eigenvalue weighted by atomic mass is 79.9. The van der Waals surface area contributed by atoms with Gasteiger partial charge in [0.15, 0.2) is 0 Å². The van der Waals surface area contributed by atoms with Gasteiger partial charge in [0, 0.05) is 23.6 Å². The second-order valence-corrected chi connectivity index (χ2v) is 6.00. The van der Waals surface area contributed by atoms with E-state index in [0.717, 1.165) is 17.3 Å². The fourth-order valence-corrected chi connectivity index (χ4v) is 3.06. The van der Waals surface area contributed by atoms with Crippen molar-refractivity contribution in [1.29, 1.82) is 0 Å². The number of benzene rings is 1. The van der Waals surface area contributed by atoms with Crippen molar-refractivity contribution in [2.24, 2.45) is 11.7 Å². The van der Waals surface area contributed by atoms with Crippen LogP contribution < -0.4 is 5.73 Å². The van der Waals surface area contributed by atoms with Crippen LogP contribution in [0.3, 0.4) is 0 Å². The molecule has 19 heavy (non-hydrogen) atoms. The zero-order chi connectivity index (χ0) is 14.0. The third-order valence-electron chi connectivity index (χ3n) is 3.81. The quantitative estimate of drug-likeness (QED) is 0.876. The summed E-state index contributed by atoms with van der Waals surface area (Å²) in [5, 5.41) is 9.86. The Morgan fingerprint density at radius 2 is 2.32 bits per heavy atom. The van der Waals surface area contributed by atoms with Crippen molar-refractivity contribution < 1.29 is 9.90 Å². The molecule has 4 nitrogen and oxygen atoms in total.